The molecule has 1 atom stereocenters. The molecule has 0 N–H and O–H groups in total. The van der Waals surface area contributed by atoms with E-state index < -0.39 is 0 Å². The van der Waals surface area contributed by atoms with E-state index in [4.69, 9.17) is 27.9 Å². The summed E-state index contributed by atoms with van der Waals surface area (Å²) in [6, 6.07) is 5.81. The molecule has 2 aliphatic heterocycles. The summed E-state index contributed by atoms with van der Waals surface area (Å²) >= 11 is 12.0. The first kappa shape index (κ1) is 16.9. The summed E-state index contributed by atoms with van der Waals surface area (Å²) < 4.78 is 5.62. The van der Waals surface area contributed by atoms with Crippen molar-refractivity contribution in [1.82, 2.24) is 9.80 Å². The first-order valence-corrected chi connectivity index (χ1v) is 8.99. The second-order valence-corrected chi connectivity index (χ2v) is 6.96. The molecule has 2 fully saturated rings. The standard InChI is InChI=1S/C17H22Cl2N2O2/c18-14-5-1-6-15(17(14)19)23-11-7-16(22)21-10-3-9-20-8-2-4-13(20)12-21/h1,5-6,13H,2-4,7-12H2/t13-/m1/s1. The molecule has 0 bridgehead atoms. The van der Waals surface area contributed by atoms with Crippen molar-refractivity contribution in [2.75, 3.05) is 32.8 Å². The van der Waals surface area contributed by atoms with Gasteiger partial charge in [-0.1, -0.05) is 29.3 Å². The lowest BCUT2D eigenvalue weighted by atomic mass is 10.2. The highest BCUT2D eigenvalue weighted by atomic mass is 35.5. The number of fused-ring (bicyclic) bond motifs is 1. The molecular formula is C17H22Cl2N2O2. The van der Waals surface area contributed by atoms with Crippen molar-refractivity contribution in [1.29, 1.82) is 0 Å². The topological polar surface area (TPSA) is 32.8 Å². The fraction of sp³-hybridized carbons (Fsp3) is 0.588. The monoisotopic (exact) mass is 356 g/mol. The Morgan fingerprint density at radius 1 is 1.22 bits per heavy atom. The van der Waals surface area contributed by atoms with E-state index in [0.717, 1.165) is 26.1 Å². The number of hydrogen-bond acceptors (Lipinski definition) is 3. The van der Waals surface area contributed by atoms with Crippen LogP contribution in [0.25, 0.3) is 0 Å². The molecule has 1 aromatic carbocycles. The Labute approximate surface area is 147 Å². The summed E-state index contributed by atoms with van der Waals surface area (Å²) in [5.74, 6) is 0.696. The molecule has 2 saturated heterocycles. The molecule has 0 aromatic heterocycles. The number of hydrogen-bond donors (Lipinski definition) is 0. The molecule has 3 rings (SSSR count). The van der Waals surface area contributed by atoms with Crippen LogP contribution in [0.3, 0.4) is 0 Å². The lowest BCUT2D eigenvalue weighted by Gasteiger charge is -2.25. The first-order valence-electron chi connectivity index (χ1n) is 8.24. The van der Waals surface area contributed by atoms with Crippen LogP contribution in [-0.2, 0) is 4.79 Å². The summed E-state index contributed by atoms with van der Waals surface area (Å²) in [7, 11) is 0. The van der Waals surface area contributed by atoms with Gasteiger partial charge < -0.3 is 9.64 Å². The van der Waals surface area contributed by atoms with E-state index in [1.165, 1.54) is 19.4 Å². The van der Waals surface area contributed by atoms with Gasteiger partial charge in [0, 0.05) is 25.7 Å². The first-order chi connectivity index (χ1) is 11.1. The van der Waals surface area contributed by atoms with Crippen LogP contribution in [0.4, 0.5) is 0 Å². The fourth-order valence-electron chi connectivity index (χ4n) is 3.44. The van der Waals surface area contributed by atoms with Crippen LogP contribution < -0.4 is 4.74 Å². The Kier molecular flexibility index (Phi) is 5.67. The van der Waals surface area contributed by atoms with Crippen LogP contribution in [0.1, 0.15) is 25.7 Å². The van der Waals surface area contributed by atoms with E-state index in [0.29, 0.717) is 34.9 Å². The summed E-state index contributed by atoms with van der Waals surface area (Å²) in [5.41, 5.74) is 0. The van der Waals surface area contributed by atoms with Crippen molar-refractivity contribution in [3.8, 4) is 5.75 Å². The van der Waals surface area contributed by atoms with Crippen molar-refractivity contribution in [3.63, 3.8) is 0 Å². The van der Waals surface area contributed by atoms with Crippen molar-refractivity contribution in [2.24, 2.45) is 0 Å². The molecule has 0 radical (unpaired) electrons. The summed E-state index contributed by atoms with van der Waals surface area (Å²) in [5, 5.41) is 0.863. The van der Waals surface area contributed by atoms with Gasteiger partial charge in [0.2, 0.25) is 5.91 Å². The third-order valence-electron chi connectivity index (χ3n) is 4.65. The number of carbonyl (C=O) groups is 1. The smallest absolute Gasteiger partial charge is 0.226 e. The molecule has 0 spiro atoms. The average Bonchev–Trinajstić information content (AvgIpc) is 2.88. The highest BCUT2D eigenvalue weighted by Gasteiger charge is 2.30. The number of benzene rings is 1. The van der Waals surface area contributed by atoms with Gasteiger partial charge in [0.25, 0.3) is 0 Å². The van der Waals surface area contributed by atoms with Gasteiger partial charge in [-0.25, -0.2) is 0 Å². The molecule has 0 aliphatic carbocycles. The van der Waals surface area contributed by atoms with Crippen LogP contribution in [0, 0.1) is 0 Å². The van der Waals surface area contributed by atoms with Gasteiger partial charge in [-0.05, 0) is 37.9 Å². The fourth-order valence-corrected chi connectivity index (χ4v) is 3.78. The van der Waals surface area contributed by atoms with Crippen LogP contribution in [0.15, 0.2) is 18.2 Å². The van der Waals surface area contributed by atoms with Gasteiger partial charge in [0.05, 0.1) is 18.1 Å². The molecule has 126 valence electrons. The Hall–Kier alpha value is -0.970. The third-order valence-corrected chi connectivity index (χ3v) is 5.45. The lowest BCUT2D eigenvalue weighted by molar-refractivity contribution is -0.132. The predicted molar refractivity (Wildman–Crippen MR) is 92.4 cm³/mol. The maximum absolute atomic E-state index is 12.4. The SMILES string of the molecule is O=C(CCOc1cccc(Cl)c1Cl)N1CCCN2CCC[C@@H]2C1. The van der Waals surface area contributed by atoms with E-state index in [1.54, 1.807) is 18.2 Å². The lowest BCUT2D eigenvalue weighted by Crippen LogP contribution is -2.40. The number of ether oxygens (including phenoxy) is 1. The maximum Gasteiger partial charge on any atom is 0.226 e. The van der Waals surface area contributed by atoms with E-state index in [2.05, 4.69) is 4.90 Å². The zero-order valence-corrected chi connectivity index (χ0v) is 14.7. The Morgan fingerprint density at radius 2 is 2.04 bits per heavy atom. The molecule has 0 unspecified atom stereocenters. The summed E-state index contributed by atoms with van der Waals surface area (Å²) in [4.78, 5) is 17.0. The third kappa shape index (κ3) is 4.11. The number of rotatable bonds is 4. The zero-order chi connectivity index (χ0) is 16.2. The highest BCUT2D eigenvalue weighted by molar-refractivity contribution is 6.42. The molecule has 1 amide bonds. The normalized spacial score (nSPS) is 21.8. The van der Waals surface area contributed by atoms with Gasteiger partial charge in [-0.15, -0.1) is 0 Å². The van der Waals surface area contributed by atoms with Gasteiger partial charge in [-0.3, -0.25) is 9.69 Å². The molecule has 1 aromatic rings. The van der Waals surface area contributed by atoms with Crippen molar-refractivity contribution in [2.45, 2.75) is 31.7 Å². The van der Waals surface area contributed by atoms with Gasteiger partial charge in [-0.2, -0.15) is 0 Å². The molecule has 2 aliphatic rings. The summed E-state index contributed by atoms with van der Waals surface area (Å²) in [6.45, 7) is 4.33. The van der Waals surface area contributed by atoms with Gasteiger partial charge in [0.15, 0.2) is 0 Å². The molecular weight excluding hydrogens is 335 g/mol. The van der Waals surface area contributed by atoms with E-state index >= 15 is 0 Å². The minimum Gasteiger partial charge on any atom is -0.491 e. The maximum atomic E-state index is 12.4. The van der Waals surface area contributed by atoms with Crippen molar-refractivity contribution < 1.29 is 9.53 Å². The quantitative estimate of drug-likeness (QED) is 0.827. The molecule has 2 heterocycles. The highest BCUT2D eigenvalue weighted by Crippen LogP contribution is 2.31. The second-order valence-electron chi connectivity index (χ2n) is 6.18. The minimum atomic E-state index is 0.164. The number of carbonyl (C=O) groups excluding carboxylic acids is 1. The Morgan fingerprint density at radius 3 is 2.91 bits per heavy atom. The van der Waals surface area contributed by atoms with Crippen LogP contribution in [0.2, 0.25) is 10.0 Å². The second kappa shape index (κ2) is 7.73. The van der Waals surface area contributed by atoms with E-state index in [-0.39, 0.29) is 5.91 Å². The Bertz CT molecular complexity index is 568. The van der Waals surface area contributed by atoms with Crippen LogP contribution >= 0.6 is 23.2 Å². The average molecular weight is 357 g/mol. The number of amides is 1. The molecule has 0 saturated carbocycles. The largest absolute Gasteiger partial charge is 0.491 e. The van der Waals surface area contributed by atoms with Crippen molar-refractivity contribution in [3.05, 3.63) is 28.2 Å². The molecule has 23 heavy (non-hydrogen) atoms. The van der Waals surface area contributed by atoms with Crippen LogP contribution in [-0.4, -0.2) is 54.5 Å². The molecule has 4 nitrogen and oxygen atoms in total. The zero-order valence-electron chi connectivity index (χ0n) is 13.1. The van der Waals surface area contributed by atoms with Gasteiger partial charge >= 0.3 is 0 Å². The minimum absolute atomic E-state index is 0.164. The number of nitrogens with zero attached hydrogens (tertiary/aromatic N) is 2. The predicted octanol–water partition coefficient (Wildman–Crippen LogP) is 3.46. The van der Waals surface area contributed by atoms with Gasteiger partial charge in [0.1, 0.15) is 10.8 Å². The van der Waals surface area contributed by atoms with E-state index in [9.17, 15) is 4.79 Å². The van der Waals surface area contributed by atoms with Crippen LogP contribution in [0.5, 0.6) is 5.75 Å². The van der Waals surface area contributed by atoms with Crippen molar-refractivity contribution >= 4 is 29.1 Å². The molecule has 6 heteroatoms. The Balaban J connectivity index is 1.50. The van der Waals surface area contributed by atoms with E-state index in [1.807, 2.05) is 4.90 Å². The number of halogens is 2. The summed E-state index contributed by atoms with van der Waals surface area (Å²) in [6.07, 6.45) is 3.89.